The smallest absolute Gasteiger partial charge is 0.302 e. The number of amides is 1. The highest BCUT2D eigenvalue weighted by Gasteiger charge is 2.39. The summed E-state index contributed by atoms with van der Waals surface area (Å²) in [6.07, 6.45) is 3.75. The minimum atomic E-state index is -2.92. The first-order valence-corrected chi connectivity index (χ1v) is 11.2. The number of hydrogen-bond donors (Lipinski definition) is 1. The number of benzene rings is 1. The summed E-state index contributed by atoms with van der Waals surface area (Å²) < 4.78 is 30.0. The number of carbonyl (C=O) groups excluding carboxylic acids is 1. The standard InChI is InChI=1S/C23H25ClF2N6O2/c1-22(8-10-31(11-9-22)23(2,25)26)28-20(33)18-12-19(15-4-6-16(24)7-5-15)29-32(21(18)34)17-13-27-30(3)14-17/h4-7,12-14H,8-11H2,1-3H3,(H,28,33). The van der Waals surface area contributed by atoms with E-state index in [0.717, 1.165) is 16.5 Å². The van der Waals surface area contributed by atoms with Crippen LogP contribution < -0.4 is 10.9 Å². The van der Waals surface area contributed by atoms with Gasteiger partial charge in [-0.1, -0.05) is 23.7 Å². The molecule has 1 saturated heterocycles. The van der Waals surface area contributed by atoms with Crippen molar-refractivity contribution in [3.05, 3.63) is 63.7 Å². The first kappa shape index (κ1) is 24.0. The number of likely N-dealkylation sites (tertiary alicyclic amines) is 1. The van der Waals surface area contributed by atoms with Gasteiger partial charge in [0, 0.05) is 43.2 Å². The van der Waals surface area contributed by atoms with Crippen LogP contribution in [0.5, 0.6) is 0 Å². The number of rotatable bonds is 5. The number of piperidine rings is 1. The van der Waals surface area contributed by atoms with Crippen LogP contribution >= 0.6 is 11.6 Å². The average Bonchev–Trinajstić information content (AvgIpc) is 3.20. The molecule has 1 aliphatic rings. The third-order valence-electron chi connectivity index (χ3n) is 6.07. The minimum Gasteiger partial charge on any atom is -0.347 e. The summed E-state index contributed by atoms with van der Waals surface area (Å²) in [6, 6.07) is 5.39. The molecule has 1 amide bonds. The van der Waals surface area contributed by atoms with Gasteiger partial charge in [-0.05, 0) is 38.0 Å². The molecule has 3 aromatic rings. The lowest BCUT2D eigenvalue weighted by molar-refractivity contribution is -0.143. The Bertz CT molecular complexity index is 1260. The zero-order valence-corrected chi connectivity index (χ0v) is 19.8. The number of alkyl halides is 2. The van der Waals surface area contributed by atoms with Gasteiger partial charge in [0.15, 0.2) is 0 Å². The Kier molecular flexibility index (Phi) is 6.30. The summed E-state index contributed by atoms with van der Waals surface area (Å²) >= 11 is 6.00. The molecule has 0 spiro atoms. The first-order valence-electron chi connectivity index (χ1n) is 10.8. The summed E-state index contributed by atoms with van der Waals surface area (Å²) in [5, 5.41) is 12.0. The van der Waals surface area contributed by atoms with Crippen LogP contribution in [0.1, 0.15) is 37.0 Å². The molecule has 3 heterocycles. The van der Waals surface area contributed by atoms with E-state index in [1.54, 1.807) is 44.4 Å². The van der Waals surface area contributed by atoms with E-state index in [1.165, 1.54) is 16.9 Å². The van der Waals surface area contributed by atoms with Crippen molar-refractivity contribution < 1.29 is 13.6 Å². The highest BCUT2D eigenvalue weighted by atomic mass is 35.5. The van der Waals surface area contributed by atoms with Gasteiger partial charge in [-0.3, -0.25) is 14.3 Å². The van der Waals surface area contributed by atoms with Gasteiger partial charge in [0.25, 0.3) is 11.5 Å². The van der Waals surface area contributed by atoms with Crippen LogP contribution in [0.3, 0.4) is 0 Å². The van der Waals surface area contributed by atoms with Gasteiger partial charge in [0.05, 0.1) is 18.1 Å². The van der Waals surface area contributed by atoms with Gasteiger partial charge in [0.2, 0.25) is 0 Å². The van der Waals surface area contributed by atoms with E-state index >= 15 is 0 Å². The van der Waals surface area contributed by atoms with Crippen molar-refractivity contribution in [2.75, 3.05) is 13.1 Å². The van der Waals surface area contributed by atoms with Crippen LogP contribution in [-0.4, -0.2) is 55.0 Å². The van der Waals surface area contributed by atoms with Gasteiger partial charge in [0.1, 0.15) is 11.3 Å². The van der Waals surface area contributed by atoms with Crippen molar-refractivity contribution in [3.63, 3.8) is 0 Å². The molecule has 4 rings (SSSR count). The second-order valence-corrected chi connectivity index (χ2v) is 9.32. The summed E-state index contributed by atoms with van der Waals surface area (Å²) in [5.41, 5.74) is 0.0324. The van der Waals surface area contributed by atoms with Crippen molar-refractivity contribution in [1.29, 1.82) is 0 Å². The van der Waals surface area contributed by atoms with E-state index in [9.17, 15) is 18.4 Å². The van der Waals surface area contributed by atoms with Crippen LogP contribution in [0.25, 0.3) is 16.9 Å². The SMILES string of the molecule is Cn1cc(-n2nc(-c3ccc(Cl)cc3)cc(C(=O)NC3(C)CCN(C(C)(F)F)CC3)c2=O)cn1. The highest BCUT2D eigenvalue weighted by Crippen LogP contribution is 2.29. The molecule has 11 heteroatoms. The Morgan fingerprint density at radius 1 is 1.21 bits per heavy atom. The monoisotopic (exact) mass is 490 g/mol. The molecule has 8 nitrogen and oxygen atoms in total. The Labute approximate surface area is 200 Å². The number of nitrogens with zero attached hydrogens (tertiary/aromatic N) is 5. The minimum absolute atomic E-state index is 0.103. The van der Waals surface area contributed by atoms with Crippen molar-refractivity contribution in [2.24, 2.45) is 7.05 Å². The molecule has 0 saturated carbocycles. The van der Waals surface area contributed by atoms with Crippen LogP contribution in [0.2, 0.25) is 5.02 Å². The number of aromatic nitrogens is 4. The third-order valence-corrected chi connectivity index (χ3v) is 6.32. The zero-order chi connectivity index (χ0) is 24.7. The lowest BCUT2D eigenvalue weighted by Gasteiger charge is -2.41. The average molecular weight is 491 g/mol. The van der Waals surface area contributed by atoms with E-state index in [-0.39, 0.29) is 18.7 Å². The molecule has 1 aliphatic heterocycles. The van der Waals surface area contributed by atoms with E-state index in [2.05, 4.69) is 15.5 Å². The fourth-order valence-electron chi connectivity index (χ4n) is 3.97. The molecular weight excluding hydrogens is 466 g/mol. The second kappa shape index (κ2) is 8.92. The van der Waals surface area contributed by atoms with Crippen molar-refractivity contribution >= 4 is 17.5 Å². The lowest BCUT2D eigenvalue weighted by Crippen LogP contribution is -2.56. The summed E-state index contributed by atoms with van der Waals surface area (Å²) in [5.74, 6) is -0.584. The Balaban J connectivity index is 1.69. The maximum atomic E-state index is 13.7. The van der Waals surface area contributed by atoms with Crippen LogP contribution in [0.4, 0.5) is 8.78 Å². The second-order valence-electron chi connectivity index (χ2n) is 8.88. The molecule has 0 unspecified atom stereocenters. The fourth-order valence-corrected chi connectivity index (χ4v) is 4.10. The molecule has 0 aliphatic carbocycles. The van der Waals surface area contributed by atoms with Crippen LogP contribution in [0.15, 0.2) is 47.5 Å². The highest BCUT2D eigenvalue weighted by molar-refractivity contribution is 6.30. The van der Waals surface area contributed by atoms with Crippen molar-refractivity contribution in [3.8, 4) is 16.9 Å². The Morgan fingerprint density at radius 2 is 1.85 bits per heavy atom. The molecule has 2 aromatic heterocycles. The predicted octanol–water partition coefficient (Wildman–Crippen LogP) is 3.48. The van der Waals surface area contributed by atoms with Gasteiger partial charge in [-0.2, -0.15) is 23.7 Å². The number of aryl methyl sites for hydroxylation is 1. The molecule has 180 valence electrons. The summed E-state index contributed by atoms with van der Waals surface area (Å²) in [6.45, 7) is 2.93. The number of hydrogen-bond acceptors (Lipinski definition) is 5. The predicted molar refractivity (Wildman–Crippen MR) is 124 cm³/mol. The summed E-state index contributed by atoms with van der Waals surface area (Å²) in [7, 11) is 1.71. The number of halogens is 3. The quantitative estimate of drug-likeness (QED) is 0.553. The first-order chi connectivity index (χ1) is 15.9. The molecule has 0 radical (unpaired) electrons. The third kappa shape index (κ3) is 5.02. The van der Waals surface area contributed by atoms with Gasteiger partial charge in [-0.15, -0.1) is 0 Å². The molecule has 1 fully saturated rings. The van der Waals surface area contributed by atoms with Crippen LogP contribution in [0, 0.1) is 0 Å². The van der Waals surface area contributed by atoms with Gasteiger partial charge < -0.3 is 5.32 Å². The van der Waals surface area contributed by atoms with Crippen LogP contribution in [-0.2, 0) is 7.05 Å². The topological polar surface area (TPSA) is 85.0 Å². The zero-order valence-electron chi connectivity index (χ0n) is 19.1. The fraction of sp³-hybridized carbons (Fsp3) is 0.391. The molecule has 1 N–H and O–H groups in total. The van der Waals surface area contributed by atoms with Crippen molar-refractivity contribution in [2.45, 2.75) is 38.3 Å². The van der Waals surface area contributed by atoms with Crippen molar-refractivity contribution in [1.82, 2.24) is 29.8 Å². The van der Waals surface area contributed by atoms with E-state index in [4.69, 9.17) is 11.6 Å². The molecule has 34 heavy (non-hydrogen) atoms. The Morgan fingerprint density at radius 3 is 2.41 bits per heavy atom. The van der Waals surface area contributed by atoms with E-state index < -0.39 is 23.1 Å². The maximum Gasteiger partial charge on any atom is 0.302 e. The molecule has 0 atom stereocenters. The van der Waals surface area contributed by atoms with E-state index in [0.29, 0.717) is 34.8 Å². The van der Waals surface area contributed by atoms with Gasteiger partial charge in [-0.25, -0.2) is 4.90 Å². The normalized spacial score (nSPS) is 16.4. The Hall–Kier alpha value is -3.11. The largest absolute Gasteiger partial charge is 0.347 e. The molecule has 0 bridgehead atoms. The molecular formula is C23H25ClF2N6O2. The van der Waals surface area contributed by atoms with E-state index in [1.807, 2.05) is 0 Å². The molecule has 1 aromatic carbocycles. The van der Waals surface area contributed by atoms with Gasteiger partial charge >= 0.3 is 6.05 Å². The lowest BCUT2D eigenvalue weighted by atomic mass is 9.89. The number of nitrogens with one attached hydrogen (secondary N) is 1. The summed E-state index contributed by atoms with van der Waals surface area (Å²) in [4.78, 5) is 27.6. The maximum absolute atomic E-state index is 13.7. The number of carbonyl (C=O) groups is 1.